The number of benzene rings is 2. The summed E-state index contributed by atoms with van der Waals surface area (Å²) >= 11 is 0. The lowest BCUT2D eigenvalue weighted by Gasteiger charge is -2.09. The Kier molecular flexibility index (Phi) is 5.31. The Morgan fingerprint density at radius 3 is 2.29 bits per heavy atom. The highest BCUT2D eigenvalue weighted by Gasteiger charge is 2.15. The maximum absolute atomic E-state index is 13.1. The van der Waals surface area contributed by atoms with E-state index in [0.29, 0.717) is 5.75 Å². The second kappa shape index (κ2) is 7.23. The van der Waals surface area contributed by atoms with E-state index in [4.69, 9.17) is 14.6 Å². The Hall–Kier alpha value is -2.72. The van der Waals surface area contributed by atoms with E-state index in [1.54, 1.807) is 0 Å². The van der Waals surface area contributed by atoms with Crippen LogP contribution in [0.5, 0.6) is 11.5 Å². The monoisotopic (exact) mass is 356 g/mol. The second-order valence-electron chi connectivity index (χ2n) is 4.58. The third kappa shape index (κ3) is 4.64. The summed E-state index contributed by atoms with van der Waals surface area (Å²) in [5, 5.41) is 15.8. The van der Waals surface area contributed by atoms with Crippen molar-refractivity contribution < 1.29 is 27.2 Å². The molecule has 0 aromatic heterocycles. The van der Waals surface area contributed by atoms with Crippen LogP contribution in [-0.4, -0.2) is 26.6 Å². The Morgan fingerprint density at radius 2 is 1.71 bits per heavy atom. The third-order valence-corrected chi connectivity index (χ3v) is 3.81. The number of nitro groups is 1. The number of nitrogens with zero attached hydrogens (tertiary/aromatic N) is 1. The quantitative estimate of drug-likeness (QED) is 0.459. The lowest BCUT2D eigenvalue weighted by Crippen LogP contribution is -2.12. The smallest absolute Gasteiger partial charge is 0.311 e. The summed E-state index contributed by atoms with van der Waals surface area (Å²) in [5.74, 6) is -0.497. The Balaban J connectivity index is 1.92. The van der Waals surface area contributed by atoms with Crippen molar-refractivity contribution in [3.05, 3.63) is 58.4 Å². The van der Waals surface area contributed by atoms with Gasteiger partial charge in [-0.25, -0.2) is 17.9 Å². The van der Waals surface area contributed by atoms with Crippen LogP contribution in [-0.2, 0) is 10.0 Å². The highest BCUT2D eigenvalue weighted by molar-refractivity contribution is 7.89. The summed E-state index contributed by atoms with van der Waals surface area (Å²) in [5.41, 5.74) is -0.353. The number of halogens is 1. The van der Waals surface area contributed by atoms with Gasteiger partial charge in [0.05, 0.1) is 9.82 Å². The van der Waals surface area contributed by atoms with Crippen LogP contribution >= 0.6 is 0 Å². The highest BCUT2D eigenvalue weighted by Crippen LogP contribution is 2.27. The van der Waals surface area contributed by atoms with Gasteiger partial charge in [0.15, 0.2) is 5.75 Å². The van der Waals surface area contributed by atoms with Crippen molar-refractivity contribution in [2.45, 2.75) is 4.90 Å². The molecule has 2 aromatic rings. The molecule has 0 heterocycles. The van der Waals surface area contributed by atoms with Gasteiger partial charge in [0.2, 0.25) is 10.0 Å². The third-order valence-electron chi connectivity index (χ3n) is 2.88. The van der Waals surface area contributed by atoms with Gasteiger partial charge < -0.3 is 9.47 Å². The molecule has 0 unspecified atom stereocenters. The molecule has 10 heteroatoms. The van der Waals surface area contributed by atoms with Crippen molar-refractivity contribution in [2.75, 3.05) is 13.2 Å². The molecule has 8 nitrogen and oxygen atoms in total. The first-order valence-electron chi connectivity index (χ1n) is 6.60. The average Bonchev–Trinajstić information content (AvgIpc) is 2.51. The van der Waals surface area contributed by atoms with E-state index >= 15 is 0 Å². The van der Waals surface area contributed by atoms with E-state index in [0.717, 1.165) is 18.2 Å². The molecule has 24 heavy (non-hydrogen) atoms. The number of rotatable bonds is 7. The number of sulfonamides is 1. The molecule has 0 amide bonds. The number of hydrogen-bond donors (Lipinski definition) is 1. The van der Waals surface area contributed by atoms with Gasteiger partial charge in [-0.3, -0.25) is 10.1 Å². The minimum absolute atomic E-state index is 0.0163. The van der Waals surface area contributed by atoms with Crippen LogP contribution in [0, 0.1) is 15.9 Å². The molecule has 0 bridgehead atoms. The fraction of sp³-hybridized carbons (Fsp3) is 0.143. The maximum atomic E-state index is 13.1. The van der Waals surface area contributed by atoms with Crippen LogP contribution in [0.3, 0.4) is 0 Å². The molecule has 0 radical (unpaired) electrons. The summed E-state index contributed by atoms with van der Waals surface area (Å²) in [6, 6.07) is 8.27. The minimum Gasteiger partial charge on any atom is -0.490 e. The van der Waals surface area contributed by atoms with Crippen molar-refractivity contribution in [1.82, 2.24) is 0 Å². The molecule has 2 rings (SSSR count). The van der Waals surface area contributed by atoms with E-state index in [2.05, 4.69) is 0 Å². The van der Waals surface area contributed by atoms with E-state index < -0.39 is 20.8 Å². The fourth-order valence-electron chi connectivity index (χ4n) is 1.79. The molecule has 0 aliphatic rings. The molecule has 0 aliphatic heterocycles. The Bertz CT molecular complexity index is 839. The van der Waals surface area contributed by atoms with Gasteiger partial charge in [-0.05, 0) is 30.3 Å². The van der Waals surface area contributed by atoms with E-state index in [-0.39, 0.29) is 29.5 Å². The second-order valence-corrected chi connectivity index (χ2v) is 6.14. The molecule has 0 aliphatic carbocycles. The van der Waals surface area contributed by atoms with Crippen LogP contribution in [0.1, 0.15) is 0 Å². The predicted octanol–water partition coefficient (Wildman–Crippen LogP) is 1.84. The largest absolute Gasteiger partial charge is 0.490 e. The first-order chi connectivity index (χ1) is 11.3. The Labute approximate surface area is 136 Å². The highest BCUT2D eigenvalue weighted by atomic mass is 32.2. The lowest BCUT2D eigenvalue weighted by molar-refractivity contribution is -0.385. The SMILES string of the molecule is NS(=O)(=O)c1ccc(OCCOc2cc(F)ccc2[N+](=O)[O-])cc1. The molecule has 0 saturated heterocycles. The van der Waals surface area contributed by atoms with Crippen molar-refractivity contribution >= 4 is 15.7 Å². The van der Waals surface area contributed by atoms with Gasteiger partial charge in [-0.1, -0.05) is 0 Å². The maximum Gasteiger partial charge on any atom is 0.311 e. The van der Waals surface area contributed by atoms with Gasteiger partial charge >= 0.3 is 5.69 Å². The number of nitrogens with two attached hydrogens (primary N) is 1. The molecule has 0 spiro atoms. The molecule has 0 saturated carbocycles. The van der Waals surface area contributed by atoms with Gasteiger partial charge in [0.25, 0.3) is 0 Å². The zero-order valence-electron chi connectivity index (χ0n) is 12.2. The molecule has 2 N–H and O–H groups in total. The zero-order valence-corrected chi connectivity index (χ0v) is 13.0. The van der Waals surface area contributed by atoms with Gasteiger partial charge in [-0.15, -0.1) is 0 Å². The molecule has 128 valence electrons. The topological polar surface area (TPSA) is 122 Å². The minimum atomic E-state index is -3.78. The molecular formula is C14H13FN2O6S. The summed E-state index contributed by atoms with van der Waals surface area (Å²) in [4.78, 5) is 10.1. The summed E-state index contributed by atoms with van der Waals surface area (Å²) < 4.78 is 45.8. The van der Waals surface area contributed by atoms with Crippen molar-refractivity contribution in [2.24, 2.45) is 5.14 Å². The van der Waals surface area contributed by atoms with Crippen molar-refractivity contribution in [3.8, 4) is 11.5 Å². The molecular weight excluding hydrogens is 343 g/mol. The normalized spacial score (nSPS) is 11.1. The van der Waals surface area contributed by atoms with Gasteiger partial charge in [0, 0.05) is 12.1 Å². The van der Waals surface area contributed by atoms with E-state index in [1.807, 2.05) is 0 Å². The summed E-state index contributed by atoms with van der Waals surface area (Å²) in [6.07, 6.45) is 0. The summed E-state index contributed by atoms with van der Waals surface area (Å²) in [6.45, 7) is -0.0520. The van der Waals surface area contributed by atoms with Gasteiger partial charge in [0.1, 0.15) is 24.8 Å². The van der Waals surface area contributed by atoms with Crippen LogP contribution < -0.4 is 14.6 Å². The molecule has 2 aromatic carbocycles. The number of nitro benzene ring substituents is 1. The average molecular weight is 356 g/mol. The van der Waals surface area contributed by atoms with Crippen molar-refractivity contribution in [3.63, 3.8) is 0 Å². The fourth-order valence-corrected chi connectivity index (χ4v) is 2.31. The number of ether oxygens (including phenoxy) is 2. The van der Waals surface area contributed by atoms with Crippen LogP contribution in [0.15, 0.2) is 47.4 Å². The van der Waals surface area contributed by atoms with Crippen LogP contribution in [0.4, 0.5) is 10.1 Å². The Morgan fingerprint density at radius 1 is 1.08 bits per heavy atom. The van der Waals surface area contributed by atoms with Crippen LogP contribution in [0.25, 0.3) is 0 Å². The van der Waals surface area contributed by atoms with Gasteiger partial charge in [-0.2, -0.15) is 0 Å². The number of hydrogen-bond acceptors (Lipinski definition) is 6. The molecule has 0 fully saturated rings. The lowest BCUT2D eigenvalue weighted by atomic mass is 10.3. The predicted molar refractivity (Wildman–Crippen MR) is 81.9 cm³/mol. The standard InChI is InChI=1S/C14H13FN2O6S/c15-10-1-6-13(17(18)19)14(9-10)23-8-7-22-11-2-4-12(5-3-11)24(16,20)21/h1-6,9H,7-8H2,(H2,16,20,21). The number of primary sulfonamides is 1. The summed E-state index contributed by atoms with van der Waals surface area (Å²) in [7, 11) is -3.78. The van der Waals surface area contributed by atoms with E-state index in [9.17, 15) is 22.9 Å². The van der Waals surface area contributed by atoms with E-state index in [1.165, 1.54) is 24.3 Å². The zero-order chi connectivity index (χ0) is 17.7. The first kappa shape index (κ1) is 17.6. The van der Waals surface area contributed by atoms with Crippen molar-refractivity contribution in [1.29, 1.82) is 0 Å². The first-order valence-corrected chi connectivity index (χ1v) is 8.14. The molecule has 0 atom stereocenters. The van der Waals surface area contributed by atoms with Crippen LogP contribution in [0.2, 0.25) is 0 Å².